The molecule has 0 atom stereocenters. The molecule has 1 aliphatic rings. The Morgan fingerprint density at radius 2 is 2.00 bits per heavy atom. The molecule has 20 heavy (non-hydrogen) atoms. The Kier molecular flexibility index (Phi) is 3.22. The van der Waals surface area contributed by atoms with Crippen LogP contribution in [-0.4, -0.2) is 31.6 Å². The van der Waals surface area contributed by atoms with Crippen molar-refractivity contribution >= 4 is 23.0 Å². The highest BCUT2D eigenvalue weighted by atomic mass is 16.4. The Balaban J connectivity index is 1.88. The summed E-state index contributed by atoms with van der Waals surface area (Å²) in [5.74, 6) is -0.110. The summed E-state index contributed by atoms with van der Waals surface area (Å²) in [6, 6.07) is 3.68. The van der Waals surface area contributed by atoms with Gasteiger partial charge in [0.2, 0.25) is 0 Å². The largest absolute Gasteiger partial charge is 0.481 e. The highest BCUT2D eigenvalue weighted by Crippen LogP contribution is 2.35. The Bertz CT molecular complexity index is 638. The number of anilines is 1. The van der Waals surface area contributed by atoms with Crippen LogP contribution in [0.1, 0.15) is 32.1 Å². The number of carbonyl (C=O) groups is 1. The number of fused-ring (bicyclic) bond motifs is 1. The molecule has 6 heteroatoms. The van der Waals surface area contributed by atoms with Crippen LogP contribution in [0.25, 0.3) is 11.2 Å². The van der Waals surface area contributed by atoms with Gasteiger partial charge < -0.3 is 10.4 Å². The van der Waals surface area contributed by atoms with E-state index in [1.54, 1.807) is 12.4 Å². The van der Waals surface area contributed by atoms with Crippen molar-refractivity contribution in [3.63, 3.8) is 0 Å². The van der Waals surface area contributed by atoms with E-state index in [0.717, 1.165) is 31.2 Å². The molecule has 0 aromatic carbocycles. The van der Waals surface area contributed by atoms with Crippen molar-refractivity contribution in [1.82, 2.24) is 15.0 Å². The fourth-order valence-electron chi connectivity index (χ4n) is 2.88. The first-order valence-electron chi connectivity index (χ1n) is 6.75. The number of rotatable bonds is 4. The van der Waals surface area contributed by atoms with Gasteiger partial charge in [0.15, 0.2) is 5.65 Å². The topological polar surface area (TPSA) is 88.0 Å². The number of nitrogens with one attached hydrogen (secondary N) is 1. The number of hydrogen-bond donors (Lipinski definition) is 2. The second-order valence-corrected chi connectivity index (χ2v) is 5.28. The van der Waals surface area contributed by atoms with Crippen molar-refractivity contribution in [2.24, 2.45) is 0 Å². The summed E-state index contributed by atoms with van der Waals surface area (Å²) < 4.78 is 0. The van der Waals surface area contributed by atoms with Crippen LogP contribution in [-0.2, 0) is 4.79 Å². The van der Waals surface area contributed by atoms with Crippen LogP contribution >= 0.6 is 0 Å². The Morgan fingerprint density at radius 3 is 2.75 bits per heavy atom. The van der Waals surface area contributed by atoms with Crippen molar-refractivity contribution < 1.29 is 9.90 Å². The van der Waals surface area contributed by atoms with Crippen LogP contribution in [0.3, 0.4) is 0 Å². The number of pyridine rings is 1. The maximum atomic E-state index is 11.1. The highest BCUT2D eigenvalue weighted by Gasteiger charge is 2.36. The minimum Gasteiger partial charge on any atom is -0.481 e. The molecule has 0 saturated heterocycles. The van der Waals surface area contributed by atoms with Gasteiger partial charge in [0, 0.05) is 17.9 Å². The lowest BCUT2D eigenvalue weighted by molar-refractivity contribution is -0.138. The molecule has 104 valence electrons. The smallest absolute Gasteiger partial charge is 0.305 e. The molecule has 2 aromatic heterocycles. The summed E-state index contributed by atoms with van der Waals surface area (Å²) in [5.41, 5.74) is 0.923. The standard InChI is InChI=1S/C14H16N4O2/c19-12(20)9-14(5-1-2-6-14)18-11-4-3-10-13(17-11)16-8-7-15-10/h3-4,7-8H,1-2,5-6,9H2,(H,19,20)(H,16,17,18). The van der Waals surface area contributed by atoms with E-state index in [-0.39, 0.29) is 12.0 Å². The van der Waals surface area contributed by atoms with Gasteiger partial charge in [0.1, 0.15) is 11.3 Å². The zero-order valence-electron chi connectivity index (χ0n) is 11.0. The first-order chi connectivity index (χ1) is 9.67. The monoisotopic (exact) mass is 272 g/mol. The number of hydrogen-bond acceptors (Lipinski definition) is 5. The van der Waals surface area contributed by atoms with Crippen LogP contribution < -0.4 is 5.32 Å². The summed E-state index contributed by atoms with van der Waals surface area (Å²) >= 11 is 0. The second-order valence-electron chi connectivity index (χ2n) is 5.28. The van der Waals surface area contributed by atoms with E-state index < -0.39 is 5.97 Å². The molecule has 1 fully saturated rings. The van der Waals surface area contributed by atoms with E-state index in [1.807, 2.05) is 12.1 Å². The molecule has 2 heterocycles. The summed E-state index contributed by atoms with van der Waals surface area (Å²) in [7, 11) is 0. The lowest BCUT2D eigenvalue weighted by Gasteiger charge is -2.29. The SMILES string of the molecule is O=C(O)CC1(Nc2ccc3nccnc3n2)CCCC1. The van der Waals surface area contributed by atoms with E-state index in [4.69, 9.17) is 5.11 Å². The maximum Gasteiger partial charge on any atom is 0.305 e. The average molecular weight is 272 g/mol. The van der Waals surface area contributed by atoms with Crippen LogP contribution in [0.5, 0.6) is 0 Å². The number of carboxylic acids is 1. The Labute approximate surface area is 116 Å². The van der Waals surface area contributed by atoms with E-state index in [2.05, 4.69) is 20.3 Å². The van der Waals surface area contributed by atoms with Crippen molar-refractivity contribution in [1.29, 1.82) is 0 Å². The fraction of sp³-hybridized carbons (Fsp3) is 0.429. The van der Waals surface area contributed by atoms with Crippen LogP contribution in [0.4, 0.5) is 5.82 Å². The van der Waals surface area contributed by atoms with Gasteiger partial charge in [-0.25, -0.2) is 9.97 Å². The number of nitrogens with zero attached hydrogens (tertiary/aromatic N) is 3. The Morgan fingerprint density at radius 1 is 1.25 bits per heavy atom. The van der Waals surface area contributed by atoms with Gasteiger partial charge >= 0.3 is 5.97 Å². The molecule has 2 N–H and O–H groups in total. The average Bonchev–Trinajstić information content (AvgIpc) is 2.86. The molecule has 0 radical (unpaired) electrons. The van der Waals surface area contributed by atoms with Gasteiger partial charge in [0.05, 0.1) is 6.42 Å². The normalized spacial score (nSPS) is 17.2. The van der Waals surface area contributed by atoms with Gasteiger partial charge in [-0.2, -0.15) is 0 Å². The van der Waals surface area contributed by atoms with Crippen molar-refractivity contribution in [3.8, 4) is 0 Å². The predicted molar refractivity (Wildman–Crippen MR) is 74.4 cm³/mol. The molecular weight excluding hydrogens is 256 g/mol. The molecule has 6 nitrogen and oxygen atoms in total. The number of aromatic nitrogens is 3. The van der Waals surface area contributed by atoms with Crippen molar-refractivity contribution in [2.75, 3.05) is 5.32 Å². The van der Waals surface area contributed by atoms with Crippen LogP contribution in [0.15, 0.2) is 24.5 Å². The van der Waals surface area contributed by atoms with Gasteiger partial charge in [-0.1, -0.05) is 12.8 Å². The number of carboxylic acid groups (broad SMARTS) is 1. The molecule has 3 rings (SSSR count). The summed E-state index contributed by atoms with van der Waals surface area (Å²) in [6.07, 6.45) is 7.16. The molecule has 0 bridgehead atoms. The third-order valence-corrected chi connectivity index (χ3v) is 3.78. The summed E-state index contributed by atoms with van der Waals surface area (Å²) in [4.78, 5) is 23.8. The summed E-state index contributed by atoms with van der Waals surface area (Å²) in [5, 5.41) is 12.4. The first kappa shape index (κ1) is 12.8. The lowest BCUT2D eigenvalue weighted by atomic mass is 9.93. The summed E-state index contributed by atoms with van der Waals surface area (Å²) in [6.45, 7) is 0. The number of aliphatic carboxylic acids is 1. The van der Waals surface area contributed by atoms with Gasteiger partial charge in [-0.15, -0.1) is 0 Å². The van der Waals surface area contributed by atoms with Crippen LogP contribution in [0.2, 0.25) is 0 Å². The van der Waals surface area contributed by atoms with Crippen molar-refractivity contribution in [2.45, 2.75) is 37.6 Å². The fourth-order valence-corrected chi connectivity index (χ4v) is 2.88. The molecule has 0 unspecified atom stereocenters. The van der Waals surface area contributed by atoms with Crippen molar-refractivity contribution in [3.05, 3.63) is 24.5 Å². The van der Waals surface area contributed by atoms with E-state index in [9.17, 15) is 4.79 Å². The molecule has 0 spiro atoms. The van der Waals surface area contributed by atoms with Gasteiger partial charge in [-0.05, 0) is 25.0 Å². The van der Waals surface area contributed by atoms with E-state index >= 15 is 0 Å². The molecule has 1 aliphatic carbocycles. The third kappa shape index (κ3) is 2.54. The molecular formula is C14H16N4O2. The Hall–Kier alpha value is -2.24. The van der Waals surface area contributed by atoms with Gasteiger partial charge in [0.25, 0.3) is 0 Å². The molecule has 2 aromatic rings. The minimum atomic E-state index is -0.778. The minimum absolute atomic E-state index is 0.118. The maximum absolute atomic E-state index is 11.1. The zero-order chi connectivity index (χ0) is 14.0. The van der Waals surface area contributed by atoms with Gasteiger partial charge in [-0.3, -0.25) is 9.78 Å². The lowest BCUT2D eigenvalue weighted by Crippen LogP contribution is -2.37. The third-order valence-electron chi connectivity index (χ3n) is 3.78. The molecule has 0 aliphatic heterocycles. The van der Waals surface area contributed by atoms with E-state index in [0.29, 0.717) is 11.5 Å². The molecule has 1 saturated carbocycles. The first-order valence-corrected chi connectivity index (χ1v) is 6.75. The quantitative estimate of drug-likeness (QED) is 0.887. The van der Waals surface area contributed by atoms with Crippen LogP contribution in [0, 0.1) is 0 Å². The van der Waals surface area contributed by atoms with E-state index in [1.165, 1.54) is 0 Å². The predicted octanol–water partition coefficient (Wildman–Crippen LogP) is 2.22. The second kappa shape index (κ2) is 5.03. The zero-order valence-corrected chi connectivity index (χ0v) is 11.0. The molecule has 0 amide bonds. The highest BCUT2D eigenvalue weighted by molar-refractivity contribution is 5.72.